The van der Waals surface area contributed by atoms with Crippen molar-refractivity contribution in [3.63, 3.8) is 0 Å². The van der Waals surface area contributed by atoms with Gasteiger partial charge in [0.1, 0.15) is 10.7 Å². The number of aryl methyl sites for hydroxylation is 1. The van der Waals surface area contributed by atoms with Gasteiger partial charge in [0, 0.05) is 19.1 Å². The molecule has 1 aromatic carbocycles. The number of benzene rings is 1. The summed E-state index contributed by atoms with van der Waals surface area (Å²) in [5.41, 5.74) is 0.275. The second kappa shape index (κ2) is 7.24. The van der Waals surface area contributed by atoms with Gasteiger partial charge in [-0.3, -0.25) is 0 Å². The molecule has 1 aliphatic rings. The predicted octanol–water partition coefficient (Wildman–Crippen LogP) is 2.58. The summed E-state index contributed by atoms with van der Waals surface area (Å²) >= 11 is 5.93. The first-order valence-corrected chi connectivity index (χ1v) is 8.32. The van der Waals surface area contributed by atoms with Gasteiger partial charge in [0.05, 0.1) is 5.02 Å². The summed E-state index contributed by atoms with van der Waals surface area (Å²) in [6.07, 6.45) is 1.64. The van der Waals surface area contributed by atoms with Crippen LogP contribution in [0.25, 0.3) is 0 Å². The molecule has 1 heterocycles. The molecule has 1 unspecified atom stereocenters. The highest BCUT2D eigenvalue weighted by atomic mass is 35.5. The zero-order valence-electron chi connectivity index (χ0n) is 11.9. The van der Waals surface area contributed by atoms with Crippen molar-refractivity contribution in [2.45, 2.75) is 30.7 Å². The Hall–Kier alpha value is -0.400. The molecule has 2 rings (SSSR count). The standard InChI is InChI=1S/C13H18ClFN2O2S.ClH/c1-9-6-13(11(14)7-12(9)15)20(18,19)17-5-3-4-10(17)8-16-2;/h6-7,10,16H,3-5,8H2,1-2H3;1H. The van der Waals surface area contributed by atoms with Gasteiger partial charge in [0.2, 0.25) is 10.0 Å². The minimum atomic E-state index is -3.69. The van der Waals surface area contributed by atoms with E-state index < -0.39 is 15.8 Å². The fourth-order valence-corrected chi connectivity index (χ4v) is 4.79. The van der Waals surface area contributed by atoms with Gasteiger partial charge >= 0.3 is 0 Å². The lowest BCUT2D eigenvalue weighted by molar-refractivity contribution is 0.379. The van der Waals surface area contributed by atoms with Gasteiger partial charge in [-0.05, 0) is 44.5 Å². The molecule has 0 bridgehead atoms. The van der Waals surface area contributed by atoms with Gasteiger partial charge in [-0.25, -0.2) is 12.8 Å². The quantitative estimate of drug-likeness (QED) is 0.901. The molecule has 0 spiro atoms. The number of sulfonamides is 1. The first-order valence-electron chi connectivity index (χ1n) is 6.50. The van der Waals surface area contributed by atoms with Crippen molar-refractivity contribution in [2.75, 3.05) is 20.1 Å². The topological polar surface area (TPSA) is 49.4 Å². The van der Waals surface area contributed by atoms with Crippen LogP contribution in [0.15, 0.2) is 17.0 Å². The molecular weight excluding hydrogens is 338 g/mol. The molecule has 8 heteroatoms. The lowest BCUT2D eigenvalue weighted by Gasteiger charge is -2.24. The number of halogens is 3. The number of likely N-dealkylation sites (N-methyl/N-ethyl adjacent to an activating group) is 1. The summed E-state index contributed by atoms with van der Waals surface area (Å²) in [7, 11) is -1.90. The average molecular weight is 357 g/mol. The molecule has 120 valence electrons. The first kappa shape index (κ1) is 18.6. The largest absolute Gasteiger partial charge is 0.318 e. The third-order valence-corrected chi connectivity index (χ3v) is 5.98. The van der Waals surface area contributed by atoms with E-state index in [1.54, 1.807) is 7.05 Å². The summed E-state index contributed by atoms with van der Waals surface area (Å²) in [5.74, 6) is -0.498. The lowest BCUT2D eigenvalue weighted by Crippen LogP contribution is -2.40. The summed E-state index contributed by atoms with van der Waals surface area (Å²) < 4.78 is 40.3. The molecule has 0 radical (unpaired) electrons. The van der Waals surface area contributed by atoms with Crippen LogP contribution in [0.4, 0.5) is 4.39 Å². The minimum absolute atomic E-state index is 0. The van der Waals surface area contributed by atoms with Gasteiger partial charge in [-0.15, -0.1) is 12.4 Å². The van der Waals surface area contributed by atoms with E-state index >= 15 is 0 Å². The number of rotatable bonds is 4. The Balaban J connectivity index is 0.00000220. The average Bonchev–Trinajstić information content (AvgIpc) is 2.83. The maximum Gasteiger partial charge on any atom is 0.244 e. The number of nitrogens with one attached hydrogen (secondary N) is 1. The first-order chi connectivity index (χ1) is 9.37. The summed E-state index contributed by atoms with van der Waals surface area (Å²) in [5, 5.41) is 2.93. The smallest absolute Gasteiger partial charge is 0.244 e. The normalized spacial score (nSPS) is 19.5. The Morgan fingerprint density at radius 2 is 2.14 bits per heavy atom. The van der Waals surface area contributed by atoms with Crippen LogP contribution in [0, 0.1) is 12.7 Å². The molecule has 0 saturated carbocycles. The van der Waals surface area contributed by atoms with Crippen molar-refractivity contribution in [1.82, 2.24) is 9.62 Å². The molecule has 0 amide bonds. The van der Waals surface area contributed by atoms with Crippen molar-refractivity contribution < 1.29 is 12.8 Å². The van der Waals surface area contributed by atoms with E-state index in [0.717, 1.165) is 18.9 Å². The fourth-order valence-electron chi connectivity index (χ4n) is 2.52. The molecule has 1 saturated heterocycles. The van der Waals surface area contributed by atoms with Crippen LogP contribution in [0.5, 0.6) is 0 Å². The highest BCUT2D eigenvalue weighted by molar-refractivity contribution is 7.89. The molecule has 21 heavy (non-hydrogen) atoms. The Morgan fingerprint density at radius 3 is 2.76 bits per heavy atom. The maximum absolute atomic E-state index is 13.4. The summed E-state index contributed by atoms with van der Waals surface area (Å²) in [4.78, 5) is -0.0129. The van der Waals surface area contributed by atoms with Gasteiger partial charge in [0.25, 0.3) is 0 Å². The van der Waals surface area contributed by atoms with Crippen LogP contribution >= 0.6 is 24.0 Å². The molecule has 1 aromatic rings. The zero-order valence-corrected chi connectivity index (χ0v) is 14.3. The zero-order chi connectivity index (χ0) is 14.9. The van der Waals surface area contributed by atoms with Crippen LogP contribution < -0.4 is 5.32 Å². The third-order valence-electron chi connectivity index (χ3n) is 3.56. The summed E-state index contributed by atoms with van der Waals surface area (Å²) in [6, 6.07) is 2.29. The Labute approximate surface area is 136 Å². The third kappa shape index (κ3) is 3.68. The van der Waals surface area contributed by atoms with Crippen LogP contribution in [-0.4, -0.2) is 38.9 Å². The molecular formula is C13H19Cl2FN2O2S. The Bertz CT molecular complexity index is 610. The molecule has 1 fully saturated rings. The van der Waals surface area contributed by atoms with Crippen LogP contribution in [0.3, 0.4) is 0 Å². The molecule has 0 aromatic heterocycles. The van der Waals surface area contributed by atoms with Gasteiger partial charge in [-0.1, -0.05) is 11.6 Å². The van der Waals surface area contributed by atoms with Crippen molar-refractivity contribution in [3.05, 3.63) is 28.5 Å². The Morgan fingerprint density at radius 1 is 1.48 bits per heavy atom. The van der Waals surface area contributed by atoms with E-state index in [0.29, 0.717) is 13.1 Å². The molecule has 4 nitrogen and oxygen atoms in total. The van der Waals surface area contributed by atoms with Crippen LogP contribution in [0.2, 0.25) is 5.02 Å². The van der Waals surface area contributed by atoms with E-state index in [-0.39, 0.29) is 33.9 Å². The summed E-state index contributed by atoms with van der Waals surface area (Å²) in [6.45, 7) is 2.60. The van der Waals surface area contributed by atoms with E-state index in [1.807, 2.05) is 0 Å². The second-order valence-electron chi connectivity index (χ2n) is 5.00. The highest BCUT2D eigenvalue weighted by Crippen LogP contribution is 2.31. The highest BCUT2D eigenvalue weighted by Gasteiger charge is 2.36. The van der Waals surface area contributed by atoms with E-state index in [2.05, 4.69) is 5.32 Å². The van der Waals surface area contributed by atoms with Gasteiger partial charge < -0.3 is 5.32 Å². The fraction of sp³-hybridized carbons (Fsp3) is 0.538. The monoisotopic (exact) mass is 356 g/mol. The predicted molar refractivity (Wildman–Crippen MR) is 84.2 cm³/mol. The number of nitrogens with zero attached hydrogens (tertiary/aromatic N) is 1. The van der Waals surface area contributed by atoms with E-state index in [9.17, 15) is 12.8 Å². The molecule has 1 atom stereocenters. The van der Waals surface area contributed by atoms with Gasteiger partial charge in [0.15, 0.2) is 0 Å². The van der Waals surface area contributed by atoms with Crippen LogP contribution in [-0.2, 0) is 10.0 Å². The van der Waals surface area contributed by atoms with Crippen LogP contribution in [0.1, 0.15) is 18.4 Å². The SMILES string of the molecule is CNCC1CCCN1S(=O)(=O)c1cc(C)c(F)cc1Cl.Cl. The van der Waals surface area contributed by atoms with Gasteiger partial charge in [-0.2, -0.15) is 4.31 Å². The molecule has 0 aliphatic carbocycles. The lowest BCUT2D eigenvalue weighted by atomic mass is 10.2. The molecule has 1 aliphatic heterocycles. The molecule has 1 N–H and O–H groups in total. The second-order valence-corrected chi connectivity index (χ2v) is 7.27. The maximum atomic E-state index is 13.4. The van der Waals surface area contributed by atoms with Crippen molar-refractivity contribution >= 4 is 34.0 Å². The number of hydrogen-bond acceptors (Lipinski definition) is 3. The minimum Gasteiger partial charge on any atom is -0.318 e. The van der Waals surface area contributed by atoms with Crippen molar-refractivity contribution in [1.29, 1.82) is 0 Å². The Kier molecular flexibility index (Phi) is 6.43. The van der Waals surface area contributed by atoms with Crippen molar-refractivity contribution in [3.8, 4) is 0 Å². The van der Waals surface area contributed by atoms with E-state index in [4.69, 9.17) is 11.6 Å². The van der Waals surface area contributed by atoms with Crippen molar-refractivity contribution in [2.24, 2.45) is 0 Å². The van der Waals surface area contributed by atoms with E-state index in [1.165, 1.54) is 17.3 Å². The number of hydrogen-bond donors (Lipinski definition) is 1.